The van der Waals surface area contributed by atoms with Gasteiger partial charge in [0.25, 0.3) is 0 Å². The zero-order chi connectivity index (χ0) is 96.9. The molecule has 0 saturated carbocycles. The van der Waals surface area contributed by atoms with E-state index >= 15 is 0 Å². The molecule has 12 nitrogen and oxygen atoms in total. The first-order valence-corrected chi connectivity index (χ1v) is 50.3. The summed E-state index contributed by atoms with van der Waals surface area (Å²) in [7, 11) is 0. The topological polar surface area (TPSA) is 131 Å². The summed E-state index contributed by atoms with van der Waals surface area (Å²) in [6.45, 7) is 14.0. The van der Waals surface area contributed by atoms with E-state index in [1.807, 2.05) is 115 Å². The van der Waals surface area contributed by atoms with Crippen molar-refractivity contribution in [2.45, 2.75) is 57.8 Å². The van der Waals surface area contributed by atoms with Gasteiger partial charge in [0.15, 0.2) is 40.8 Å². The molecule has 7 aromatic heterocycles. The highest BCUT2D eigenvalue weighted by Crippen LogP contribution is 2.58. The molecule has 29 rings (SSSR count). The van der Waals surface area contributed by atoms with Crippen molar-refractivity contribution in [2.75, 3.05) is 0 Å². The lowest BCUT2D eigenvalue weighted by atomic mass is 9.82. The van der Waals surface area contributed by atoms with Crippen molar-refractivity contribution >= 4 is 96.9 Å². The van der Waals surface area contributed by atoms with Gasteiger partial charge in [0.05, 0.1) is 33.1 Å². The van der Waals surface area contributed by atoms with E-state index in [2.05, 4.69) is 389 Å². The number of para-hydroxylation sites is 1. The summed E-state index contributed by atoms with van der Waals surface area (Å²) < 4.78 is 9.48. The standard InChI is InChI=1S/C48H34N4.C42H28N4S.C42H30N4/c1-48(2)40-24-13-12-23-39(40)43-41(48)28-27-38-37-26-25-34(31-15-6-3-7-16-31)30-42(37)52(44(38)43)36-22-14-21-35(29-36)47-50-45(32-17-8-4-9-18-32)49-46(51-47)33-19-10-5-11-20-33;1-42(2)32-20-9-6-17-30(32)36-33(42)24-23-28-26-15-7-10-21-34(26)46(37(28)36)41-44-39(25-13-4-3-5-14-25)43-40(45-41)31-19-12-18-29-27-16-8-11-22-35(27)47-38(29)31;1-42(2)34-21-13-12-20-33(34)37-35(42)25-24-32-31-23-22-30(27-14-6-3-7-15-27)26-36(31)46(38(32)37)41-44-39(28-16-8-4-9-17-28)43-40(45-41)29-18-10-5-11-19-29/h3-30H,1-2H3;3-24H,1-2H3;3-26H,1-2H3. The van der Waals surface area contributed by atoms with Crippen LogP contribution in [0.5, 0.6) is 0 Å². The molecular formula is C132H92N12S. The van der Waals surface area contributed by atoms with Crippen LogP contribution in [-0.4, -0.2) is 58.6 Å². The van der Waals surface area contributed by atoms with Crippen LogP contribution in [0.1, 0.15) is 74.9 Å². The van der Waals surface area contributed by atoms with Crippen LogP contribution < -0.4 is 0 Å². The predicted molar refractivity (Wildman–Crippen MR) is 597 cm³/mol. The van der Waals surface area contributed by atoms with Gasteiger partial charge in [-0.1, -0.05) is 448 Å². The fourth-order valence-corrected chi connectivity index (χ4v) is 24.2. The van der Waals surface area contributed by atoms with E-state index in [9.17, 15) is 0 Å². The Hall–Kier alpha value is -18.2. The minimum Gasteiger partial charge on any atom is -0.309 e. The quantitative estimate of drug-likeness (QED) is 0.117. The predicted octanol–water partition coefficient (Wildman–Crippen LogP) is 33.2. The van der Waals surface area contributed by atoms with Crippen LogP contribution in [-0.2, 0) is 16.2 Å². The third-order valence-corrected chi connectivity index (χ3v) is 31.2. The van der Waals surface area contributed by atoms with Crippen molar-refractivity contribution in [3.05, 3.63) is 482 Å². The van der Waals surface area contributed by atoms with Crippen LogP contribution in [0.3, 0.4) is 0 Å². The van der Waals surface area contributed by atoms with E-state index in [1.54, 1.807) is 11.3 Å². The van der Waals surface area contributed by atoms with Gasteiger partial charge >= 0.3 is 0 Å². The Morgan fingerprint density at radius 2 is 0.483 bits per heavy atom. The number of benzene rings is 19. The van der Waals surface area contributed by atoms with E-state index < -0.39 is 0 Å². The van der Waals surface area contributed by atoms with Crippen molar-refractivity contribution < 1.29 is 0 Å². The molecule has 0 spiro atoms. The molecule has 0 bridgehead atoms. The average Bonchev–Trinajstić information content (AvgIpc) is 1.54. The first kappa shape index (κ1) is 86.0. The Balaban J connectivity index is 0.000000108. The van der Waals surface area contributed by atoms with Gasteiger partial charge in [-0.3, -0.25) is 9.13 Å². The van der Waals surface area contributed by atoms with Crippen LogP contribution in [0.25, 0.3) is 239 Å². The number of rotatable bonds is 12. The summed E-state index contributed by atoms with van der Waals surface area (Å²) in [5, 5.41) is 9.67. The molecule has 3 aliphatic rings. The zero-order valence-corrected chi connectivity index (χ0v) is 81.3. The third-order valence-electron chi connectivity index (χ3n) is 30.0. The monoisotopic (exact) mass is 1880 g/mol. The molecule has 686 valence electrons. The number of fused-ring (bicyclic) bond motifs is 24. The second kappa shape index (κ2) is 34.1. The maximum absolute atomic E-state index is 5.36. The zero-order valence-electron chi connectivity index (χ0n) is 80.5. The lowest BCUT2D eigenvalue weighted by Crippen LogP contribution is -2.14. The first-order chi connectivity index (χ1) is 71.2. The molecule has 7 heterocycles. The second-order valence-corrected chi connectivity index (χ2v) is 40.5. The van der Waals surface area contributed by atoms with E-state index in [4.69, 9.17) is 44.9 Å². The molecule has 145 heavy (non-hydrogen) atoms. The highest BCUT2D eigenvalue weighted by Gasteiger charge is 2.42. The summed E-state index contributed by atoms with van der Waals surface area (Å²) in [6, 6.07) is 159. The summed E-state index contributed by atoms with van der Waals surface area (Å²) >= 11 is 1.79. The van der Waals surface area contributed by atoms with Crippen molar-refractivity contribution in [3.8, 4) is 153 Å². The number of nitrogens with zero attached hydrogens (tertiary/aromatic N) is 12. The van der Waals surface area contributed by atoms with E-state index in [0.29, 0.717) is 52.7 Å². The SMILES string of the molecule is CC1(C)c2ccccc2-c2c1ccc1c3ccc(-c4ccccc4)cc3n(-c3cccc(-c4nc(-c5ccccc5)nc(-c5ccccc5)n4)c3)c21.CC1(C)c2ccccc2-c2c1ccc1c3ccc(-c4ccccc4)cc3n(-c3nc(-c4ccccc4)nc(-c4ccccc4)n3)c21.CC1(C)c2ccccc2-c2c1ccc1c3ccccc3n(-c3nc(-c4ccccc4)nc(-c4cccc5c4sc4ccccc45)n3)c21. The van der Waals surface area contributed by atoms with Crippen molar-refractivity contribution in [1.82, 2.24) is 58.6 Å². The van der Waals surface area contributed by atoms with E-state index in [-0.39, 0.29) is 16.2 Å². The Morgan fingerprint density at radius 3 is 0.917 bits per heavy atom. The van der Waals surface area contributed by atoms with Crippen LogP contribution in [0, 0.1) is 0 Å². The van der Waals surface area contributed by atoms with Gasteiger partial charge in [-0.15, -0.1) is 11.3 Å². The molecule has 0 unspecified atom stereocenters. The summed E-state index contributed by atoms with van der Waals surface area (Å²) in [5.74, 6) is 5.78. The molecule has 0 aliphatic heterocycles. The highest BCUT2D eigenvalue weighted by atomic mass is 32.1. The number of aromatic nitrogens is 12. The van der Waals surface area contributed by atoms with Gasteiger partial charge in [0.2, 0.25) is 11.9 Å². The molecule has 0 atom stereocenters. The van der Waals surface area contributed by atoms with Crippen LogP contribution in [0.4, 0.5) is 0 Å². The normalized spacial score (nSPS) is 13.2. The lowest BCUT2D eigenvalue weighted by molar-refractivity contribution is 0.660. The number of hydrogen-bond donors (Lipinski definition) is 0. The Bertz CT molecular complexity index is 9590. The first-order valence-electron chi connectivity index (χ1n) is 49.5. The third kappa shape index (κ3) is 14.1. The lowest BCUT2D eigenvalue weighted by Gasteiger charge is -2.21. The molecular weight excluding hydrogens is 1790 g/mol. The van der Waals surface area contributed by atoms with E-state index in [0.717, 1.165) is 77.8 Å². The Labute approximate surface area is 842 Å². The number of hydrogen-bond acceptors (Lipinski definition) is 10. The number of thiophene rings is 1. The minimum absolute atomic E-state index is 0.120. The van der Waals surface area contributed by atoms with Crippen LogP contribution >= 0.6 is 11.3 Å². The van der Waals surface area contributed by atoms with Gasteiger partial charge in [0.1, 0.15) is 0 Å². The largest absolute Gasteiger partial charge is 0.309 e. The molecule has 0 fully saturated rings. The Morgan fingerprint density at radius 1 is 0.186 bits per heavy atom. The molecule has 19 aromatic carbocycles. The highest BCUT2D eigenvalue weighted by molar-refractivity contribution is 7.26. The van der Waals surface area contributed by atoms with Crippen molar-refractivity contribution in [3.63, 3.8) is 0 Å². The fourth-order valence-electron chi connectivity index (χ4n) is 23.0. The second-order valence-electron chi connectivity index (χ2n) is 39.4. The summed E-state index contributed by atoms with van der Waals surface area (Å²) in [6.07, 6.45) is 0. The van der Waals surface area contributed by atoms with Gasteiger partial charge in [0, 0.05) is 130 Å². The van der Waals surface area contributed by atoms with Crippen LogP contribution in [0.2, 0.25) is 0 Å². The summed E-state index contributed by atoms with van der Waals surface area (Å²) in [5.41, 5.74) is 34.5. The van der Waals surface area contributed by atoms with Gasteiger partial charge in [-0.25, -0.2) is 24.9 Å². The van der Waals surface area contributed by atoms with E-state index in [1.165, 1.54) is 141 Å². The van der Waals surface area contributed by atoms with Gasteiger partial charge < -0.3 is 4.57 Å². The molecule has 0 N–H and O–H groups in total. The molecule has 0 amide bonds. The molecule has 3 aliphatic carbocycles. The fraction of sp³-hybridized carbons (Fsp3) is 0.0682. The molecule has 13 heteroatoms. The maximum atomic E-state index is 5.36. The molecule has 0 saturated heterocycles. The van der Waals surface area contributed by atoms with Crippen LogP contribution in [0.15, 0.2) is 449 Å². The van der Waals surface area contributed by atoms with Crippen molar-refractivity contribution in [1.29, 1.82) is 0 Å². The average molecular weight is 1880 g/mol. The molecule has 0 radical (unpaired) electrons. The summed E-state index contributed by atoms with van der Waals surface area (Å²) in [4.78, 5) is 46.3. The smallest absolute Gasteiger partial charge is 0.238 e. The van der Waals surface area contributed by atoms with Gasteiger partial charge in [-0.2, -0.15) is 19.9 Å². The Kier molecular flexibility index (Phi) is 20.2. The van der Waals surface area contributed by atoms with Gasteiger partial charge in [-0.05, 0) is 115 Å². The maximum Gasteiger partial charge on any atom is 0.238 e. The minimum atomic E-state index is -0.139. The molecule has 26 aromatic rings. The van der Waals surface area contributed by atoms with Crippen molar-refractivity contribution in [2.24, 2.45) is 0 Å².